The van der Waals surface area contributed by atoms with Crippen LogP contribution in [0.5, 0.6) is 0 Å². The SMILES string of the molecule is CC(=O)c1cc(C(=O)NCC(CCO)CC(C)C)n(C)c1. The number of aliphatic hydroxyl groups excluding tert-OH is 1. The summed E-state index contributed by atoms with van der Waals surface area (Å²) in [6.07, 6.45) is 3.31. The second kappa shape index (κ2) is 7.98. The highest BCUT2D eigenvalue weighted by Crippen LogP contribution is 2.15. The molecular formula is C16H26N2O3. The minimum atomic E-state index is -0.184. The molecule has 0 fully saturated rings. The largest absolute Gasteiger partial charge is 0.396 e. The number of nitrogens with one attached hydrogen (secondary N) is 1. The summed E-state index contributed by atoms with van der Waals surface area (Å²) >= 11 is 0. The summed E-state index contributed by atoms with van der Waals surface area (Å²) in [4.78, 5) is 23.5. The van der Waals surface area contributed by atoms with Gasteiger partial charge in [0.25, 0.3) is 5.91 Å². The van der Waals surface area contributed by atoms with E-state index >= 15 is 0 Å². The number of hydrogen-bond acceptors (Lipinski definition) is 3. The lowest BCUT2D eigenvalue weighted by molar-refractivity contribution is 0.0933. The topological polar surface area (TPSA) is 71.3 Å². The third-order valence-electron chi connectivity index (χ3n) is 3.54. The highest BCUT2D eigenvalue weighted by molar-refractivity contribution is 5.99. The van der Waals surface area contributed by atoms with Gasteiger partial charge in [-0.15, -0.1) is 0 Å². The van der Waals surface area contributed by atoms with Crippen molar-refractivity contribution in [2.24, 2.45) is 18.9 Å². The van der Waals surface area contributed by atoms with Gasteiger partial charge in [0, 0.05) is 32.0 Å². The number of aliphatic hydroxyl groups is 1. The van der Waals surface area contributed by atoms with E-state index in [9.17, 15) is 9.59 Å². The van der Waals surface area contributed by atoms with Gasteiger partial charge in [0.1, 0.15) is 5.69 Å². The van der Waals surface area contributed by atoms with Crippen LogP contribution in [0.1, 0.15) is 54.5 Å². The molecule has 1 aromatic rings. The molecule has 118 valence electrons. The first kappa shape index (κ1) is 17.4. The molecule has 1 unspecified atom stereocenters. The smallest absolute Gasteiger partial charge is 0.267 e. The number of ketones is 1. The van der Waals surface area contributed by atoms with Crippen LogP contribution in [0.4, 0.5) is 0 Å². The monoisotopic (exact) mass is 294 g/mol. The molecule has 1 aromatic heterocycles. The average Bonchev–Trinajstić information content (AvgIpc) is 2.77. The van der Waals surface area contributed by atoms with Crippen molar-refractivity contribution < 1.29 is 14.7 Å². The summed E-state index contributed by atoms with van der Waals surface area (Å²) in [5, 5.41) is 12.0. The van der Waals surface area contributed by atoms with Crippen LogP contribution < -0.4 is 5.32 Å². The van der Waals surface area contributed by atoms with E-state index in [0.717, 1.165) is 6.42 Å². The maximum atomic E-state index is 12.2. The molecule has 21 heavy (non-hydrogen) atoms. The fraction of sp³-hybridized carbons (Fsp3) is 0.625. The third kappa shape index (κ3) is 5.34. The average molecular weight is 294 g/mol. The third-order valence-corrected chi connectivity index (χ3v) is 3.54. The zero-order chi connectivity index (χ0) is 16.0. The summed E-state index contributed by atoms with van der Waals surface area (Å²) < 4.78 is 1.66. The van der Waals surface area contributed by atoms with Crippen LogP contribution in [-0.2, 0) is 7.05 Å². The van der Waals surface area contributed by atoms with Gasteiger partial charge in [0.15, 0.2) is 5.78 Å². The molecule has 0 aromatic carbocycles. The van der Waals surface area contributed by atoms with E-state index in [0.29, 0.717) is 30.1 Å². The van der Waals surface area contributed by atoms with Gasteiger partial charge in [-0.1, -0.05) is 13.8 Å². The number of rotatable bonds is 8. The maximum Gasteiger partial charge on any atom is 0.267 e. The molecule has 5 heteroatoms. The zero-order valence-corrected chi connectivity index (χ0v) is 13.3. The number of aromatic nitrogens is 1. The van der Waals surface area contributed by atoms with Crippen molar-refractivity contribution in [3.8, 4) is 0 Å². The summed E-state index contributed by atoms with van der Waals surface area (Å²) in [5.74, 6) is 0.559. The van der Waals surface area contributed by atoms with Crippen molar-refractivity contribution in [2.45, 2.75) is 33.6 Å². The predicted octanol–water partition coefficient (Wildman–Crippen LogP) is 2.00. The Morgan fingerprint density at radius 2 is 2.05 bits per heavy atom. The lowest BCUT2D eigenvalue weighted by Crippen LogP contribution is -2.31. The Hall–Kier alpha value is -1.62. The van der Waals surface area contributed by atoms with E-state index in [2.05, 4.69) is 19.2 Å². The minimum absolute atomic E-state index is 0.0531. The number of carbonyl (C=O) groups is 2. The van der Waals surface area contributed by atoms with Crippen LogP contribution >= 0.6 is 0 Å². The molecule has 0 saturated heterocycles. The van der Waals surface area contributed by atoms with Crippen LogP contribution in [-0.4, -0.2) is 34.5 Å². The number of nitrogens with zero attached hydrogens (tertiary/aromatic N) is 1. The summed E-state index contributed by atoms with van der Waals surface area (Å²) in [5.41, 5.74) is 1.02. The second-order valence-corrected chi connectivity index (χ2v) is 6.00. The Bertz CT molecular complexity index is 492. The van der Waals surface area contributed by atoms with Crippen molar-refractivity contribution >= 4 is 11.7 Å². The van der Waals surface area contributed by atoms with Crippen molar-refractivity contribution in [1.29, 1.82) is 0 Å². The molecule has 0 aliphatic heterocycles. The number of Topliss-reactive ketones (excluding diaryl/α,β-unsaturated/α-hetero) is 1. The van der Waals surface area contributed by atoms with Crippen molar-refractivity contribution in [3.63, 3.8) is 0 Å². The van der Waals surface area contributed by atoms with Crippen molar-refractivity contribution in [2.75, 3.05) is 13.2 Å². The van der Waals surface area contributed by atoms with Crippen LogP contribution in [0.15, 0.2) is 12.3 Å². The number of aryl methyl sites for hydroxylation is 1. The first-order valence-corrected chi connectivity index (χ1v) is 7.41. The van der Waals surface area contributed by atoms with E-state index < -0.39 is 0 Å². The Balaban J connectivity index is 2.65. The molecule has 0 bridgehead atoms. The maximum absolute atomic E-state index is 12.2. The van der Waals surface area contributed by atoms with E-state index in [1.807, 2.05) is 0 Å². The predicted molar refractivity (Wildman–Crippen MR) is 82.4 cm³/mol. The fourth-order valence-corrected chi connectivity index (χ4v) is 2.46. The molecule has 0 aliphatic rings. The Labute approximate surface area is 126 Å². The quantitative estimate of drug-likeness (QED) is 0.720. The van der Waals surface area contributed by atoms with Crippen molar-refractivity contribution in [3.05, 3.63) is 23.5 Å². The van der Waals surface area contributed by atoms with E-state index in [1.54, 1.807) is 23.9 Å². The molecule has 1 atom stereocenters. The fourth-order valence-electron chi connectivity index (χ4n) is 2.46. The van der Waals surface area contributed by atoms with Gasteiger partial charge < -0.3 is 15.0 Å². The van der Waals surface area contributed by atoms with Gasteiger partial charge in [-0.3, -0.25) is 9.59 Å². The Morgan fingerprint density at radius 3 is 2.52 bits per heavy atom. The Kier molecular flexibility index (Phi) is 6.62. The van der Waals surface area contributed by atoms with Gasteiger partial charge in [-0.25, -0.2) is 0 Å². The molecule has 2 N–H and O–H groups in total. The van der Waals surface area contributed by atoms with Crippen LogP contribution in [0.2, 0.25) is 0 Å². The molecule has 0 aliphatic carbocycles. The first-order valence-electron chi connectivity index (χ1n) is 7.41. The first-order chi connectivity index (χ1) is 9.85. The molecule has 1 rings (SSSR count). The minimum Gasteiger partial charge on any atom is -0.396 e. The summed E-state index contributed by atoms with van der Waals surface area (Å²) in [6, 6.07) is 1.61. The van der Waals surface area contributed by atoms with Gasteiger partial charge >= 0.3 is 0 Å². The standard InChI is InChI=1S/C16H26N2O3/c1-11(2)7-13(5-6-19)9-17-16(21)15-8-14(12(3)20)10-18(15)4/h8,10-11,13,19H,5-7,9H2,1-4H3,(H,17,21). The molecule has 0 spiro atoms. The Morgan fingerprint density at radius 1 is 1.38 bits per heavy atom. The van der Waals surface area contributed by atoms with Gasteiger partial charge in [0.05, 0.1) is 0 Å². The molecule has 0 saturated carbocycles. The van der Waals surface area contributed by atoms with Gasteiger partial charge in [0.2, 0.25) is 0 Å². The van der Waals surface area contributed by atoms with Crippen LogP contribution in [0.3, 0.4) is 0 Å². The van der Waals surface area contributed by atoms with E-state index in [-0.39, 0.29) is 24.2 Å². The highest BCUT2D eigenvalue weighted by Gasteiger charge is 2.16. The molecular weight excluding hydrogens is 268 g/mol. The summed E-state index contributed by atoms with van der Waals surface area (Å²) in [7, 11) is 1.75. The number of hydrogen-bond donors (Lipinski definition) is 2. The number of amides is 1. The van der Waals surface area contributed by atoms with Gasteiger partial charge in [-0.05, 0) is 37.7 Å². The highest BCUT2D eigenvalue weighted by atomic mass is 16.3. The zero-order valence-electron chi connectivity index (χ0n) is 13.3. The van der Waals surface area contributed by atoms with Crippen LogP contribution in [0, 0.1) is 11.8 Å². The summed E-state index contributed by atoms with van der Waals surface area (Å²) in [6.45, 7) is 6.41. The molecule has 0 radical (unpaired) electrons. The normalized spacial score (nSPS) is 12.5. The molecule has 1 heterocycles. The lowest BCUT2D eigenvalue weighted by Gasteiger charge is -2.18. The lowest BCUT2D eigenvalue weighted by atomic mass is 9.94. The molecule has 5 nitrogen and oxygen atoms in total. The van der Waals surface area contributed by atoms with Gasteiger partial charge in [-0.2, -0.15) is 0 Å². The molecule has 1 amide bonds. The van der Waals surface area contributed by atoms with E-state index in [4.69, 9.17) is 5.11 Å². The van der Waals surface area contributed by atoms with Crippen LogP contribution in [0.25, 0.3) is 0 Å². The van der Waals surface area contributed by atoms with E-state index in [1.165, 1.54) is 6.92 Å². The second-order valence-electron chi connectivity index (χ2n) is 6.00. The number of carbonyl (C=O) groups excluding carboxylic acids is 2. The van der Waals surface area contributed by atoms with Crippen molar-refractivity contribution in [1.82, 2.24) is 9.88 Å².